The van der Waals surface area contributed by atoms with E-state index < -0.39 is 23.5 Å². The third-order valence-electron chi connectivity index (χ3n) is 3.36. The Morgan fingerprint density at radius 3 is 2.50 bits per heavy atom. The lowest BCUT2D eigenvalue weighted by Gasteiger charge is -2.20. The first-order chi connectivity index (χ1) is 9.29. The number of hydrogen-bond acceptors (Lipinski definition) is 3. The molecule has 0 spiro atoms. The Balaban J connectivity index is 2.05. The molecule has 0 atom stereocenters. The minimum Gasteiger partial charge on any atom is -0.465 e. The summed E-state index contributed by atoms with van der Waals surface area (Å²) < 4.78 is 56.1. The highest BCUT2D eigenvalue weighted by Gasteiger charge is 2.62. The Bertz CT molecular complexity index is 524. The first kappa shape index (κ1) is 14.8. The minimum atomic E-state index is -4.31. The van der Waals surface area contributed by atoms with Gasteiger partial charge >= 0.3 is 12.1 Å². The smallest absolute Gasteiger partial charge is 0.406 e. The number of hydrogen-bond donors (Lipinski definition) is 1. The van der Waals surface area contributed by atoms with E-state index in [1.54, 1.807) is 0 Å². The number of rotatable bonds is 4. The average molecular weight is 291 g/mol. The molecule has 1 fully saturated rings. The number of benzene rings is 1. The van der Waals surface area contributed by atoms with Crippen molar-refractivity contribution in [2.45, 2.75) is 31.1 Å². The summed E-state index contributed by atoms with van der Waals surface area (Å²) in [6, 6.07) is 3.63. The average Bonchev–Trinajstić information content (AvgIpc) is 3.16. The van der Waals surface area contributed by atoms with Gasteiger partial charge in [0.2, 0.25) is 0 Å². The van der Waals surface area contributed by atoms with E-state index in [1.807, 2.05) is 0 Å². The van der Waals surface area contributed by atoms with Crippen LogP contribution in [0.1, 0.15) is 28.8 Å². The molecular formula is C13H13F4NO2. The fourth-order valence-electron chi connectivity index (χ4n) is 1.90. The van der Waals surface area contributed by atoms with Crippen LogP contribution in [0.4, 0.5) is 17.6 Å². The maximum Gasteiger partial charge on any atom is 0.406 e. The van der Waals surface area contributed by atoms with Gasteiger partial charge in [0.05, 0.1) is 12.7 Å². The molecule has 0 saturated heterocycles. The van der Waals surface area contributed by atoms with E-state index in [9.17, 15) is 22.4 Å². The molecule has 3 nitrogen and oxygen atoms in total. The molecule has 0 aliphatic heterocycles. The van der Waals surface area contributed by atoms with Gasteiger partial charge in [0.1, 0.15) is 11.4 Å². The normalized spacial score (nSPS) is 16.9. The van der Waals surface area contributed by atoms with Crippen LogP contribution in [-0.2, 0) is 11.3 Å². The minimum absolute atomic E-state index is 0.0270. The molecule has 1 aliphatic rings. The summed E-state index contributed by atoms with van der Waals surface area (Å²) in [6.45, 7) is -0.113. The third-order valence-corrected chi connectivity index (χ3v) is 3.36. The molecule has 1 saturated carbocycles. The molecule has 0 aromatic heterocycles. The van der Waals surface area contributed by atoms with Crippen LogP contribution in [0.3, 0.4) is 0 Å². The van der Waals surface area contributed by atoms with Crippen molar-refractivity contribution in [1.29, 1.82) is 0 Å². The largest absolute Gasteiger partial charge is 0.465 e. The lowest BCUT2D eigenvalue weighted by molar-refractivity contribution is -0.166. The van der Waals surface area contributed by atoms with Crippen LogP contribution in [0.15, 0.2) is 18.2 Å². The van der Waals surface area contributed by atoms with Gasteiger partial charge in [0.25, 0.3) is 0 Å². The molecule has 110 valence electrons. The van der Waals surface area contributed by atoms with Gasteiger partial charge < -0.3 is 4.74 Å². The van der Waals surface area contributed by atoms with E-state index in [4.69, 9.17) is 0 Å². The molecular weight excluding hydrogens is 278 g/mol. The maximum absolute atomic E-state index is 13.6. The molecule has 0 radical (unpaired) electrons. The molecule has 1 aromatic carbocycles. The number of carbonyl (C=O) groups is 1. The lowest BCUT2D eigenvalue weighted by atomic mass is 10.1. The summed E-state index contributed by atoms with van der Waals surface area (Å²) in [7, 11) is 1.12. The number of nitrogens with one attached hydrogen (secondary N) is 1. The van der Waals surface area contributed by atoms with Gasteiger partial charge in [-0.3, -0.25) is 5.32 Å². The van der Waals surface area contributed by atoms with Crippen molar-refractivity contribution in [3.63, 3.8) is 0 Å². The van der Waals surface area contributed by atoms with E-state index in [0.29, 0.717) is 5.56 Å². The SMILES string of the molecule is COC(=O)c1ccc(CNC2(C(F)(F)F)CC2)cc1F. The number of esters is 1. The molecule has 1 aliphatic carbocycles. The highest BCUT2D eigenvalue weighted by molar-refractivity contribution is 5.89. The monoisotopic (exact) mass is 291 g/mol. The molecule has 1 N–H and O–H groups in total. The van der Waals surface area contributed by atoms with Gasteiger partial charge in [-0.15, -0.1) is 0 Å². The summed E-state index contributed by atoms with van der Waals surface area (Å²) in [6.07, 6.45) is -4.25. The van der Waals surface area contributed by atoms with Crippen molar-refractivity contribution >= 4 is 5.97 Å². The van der Waals surface area contributed by atoms with E-state index in [2.05, 4.69) is 10.1 Å². The molecule has 7 heteroatoms. The van der Waals surface area contributed by atoms with E-state index >= 15 is 0 Å². The van der Waals surface area contributed by atoms with Gasteiger partial charge in [-0.05, 0) is 30.5 Å². The number of ether oxygens (including phenoxy) is 1. The summed E-state index contributed by atoms with van der Waals surface area (Å²) >= 11 is 0. The van der Waals surface area contributed by atoms with Crippen molar-refractivity contribution in [3.8, 4) is 0 Å². The number of carbonyl (C=O) groups excluding carboxylic acids is 1. The summed E-state index contributed by atoms with van der Waals surface area (Å²) in [5.74, 6) is -1.64. The van der Waals surface area contributed by atoms with Crippen LogP contribution in [-0.4, -0.2) is 24.8 Å². The topological polar surface area (TPSA) is 38.3 Å². The second-order valence-corrected chi connectivity index (χ2v) is 4.74. The van der Waals surface area contributed by atoms with E-state index in [0.717, 1.165) is 13.2 Å². The van der Waals surface area contributed by atoms with Gasteiger partial charge in [0.15, 0.2) is 0 Å². The fourth-order valence-corrected chi connectivity index (χ4v) is 1.90. The Morgan fingerprint density at radius 1 is 1.40 bits per heavy atom. The van der Waals surface area contributed by atoms with Crippen molar-refractivity contribution in [2.24, 2.45) is 0 Å². The first-order valence-corrected chi connectivity index (χ1v) is 5.97. The van der Waals surface area contributed by atoms with Crippen LogP contribution in [0, 0.1) is 5.82 Å². The van der Waals surface area contributed by atoms with Crippen molar-refractivity contribution in [1.82, 2.24) is 5.32 Å². The van der Waals surface area contributed by atoms with Gasteiger partial charge in [-0.25, -0.2) is 9.18 Å². The number of alkyl halides is 3. The predicted molar refractivity (Wildman–Crippen MR) is 62.6 cm³/mol. The summed E-state index contributed by atoms with van der Waals surface area (Å²) in [4.78, 5) is 11.2. The lowest BCUT2D eigenvalue weighted by Crippen LogP contribution is -2.44. The summed E-state index contributed by atoms with van der Waals surface area (Å²) in [5.41, 5.74) is -1.75. The van der Waals surface area contributed by atoms with E-state index in [-0.39, 0.29) is 24.9 Å². The highest BCUT2D eigenvalue weighted by Crippen LogP contribution is 2.49. The zero-order valence-electron chi connectivity index (χ0n) is 10.7. The maximum atomic E-state index is 13.6. The van der Waals surface area contributed by atoms with Crippen molar-refractivity contribution < 1.29 is 27.1 Å². The standard InChI is InChI=1S/C13H13F4NO2/c1-20-11(19)9-3-2-8(6-10(9)14)7-18-12(4-5-12)13(15,16)17/h2-3,6,18H,4-5,7H2,1H3. The number of halogens is 4. The highest BCUT2D eigenvalue weighted by atomic mass is 19.4. The zero-order chi connectivity index (χ0) is 15.0. The first-order valence-electron chi connectivity index (χ1n) is 5.97. The van der Waals surface area contributed by atoms with Crippen molar-refractivity contribution in [3.05, 3.63) is 35.1 Å². The molecule has 0 amide bonds. The van der Waals surface area contributed by atoms with Crippen LogP contribution >= 0.6 is 0 Å². The van der Waals surface area contributed by atoms with Crippen LogP contribution in [0.25, 0.3) is 0 Å². The molecule has 0 heterocycles. The summed E-state index contributed by atoms with van der Waals surface area (Å²) in [5, 5.41) is 2.41. The van der Waals surface area contributed by atoms with E-state index in [1.165, 1.54) is 12.1 Å². The van der Waals surface area contributed by atoms with Gasteiger partial charge in [-0.1, -0.05) is 6.07 Å². The second kappa shape index (κ2) is 5.05. The van der Waals surface area contributed by atoms with Crippen LogP contribution < -0.4 is 5.32 Å². The predicted octanol–water partition coefficient (Wildman–Crippen LogP) is 2.80. The third kappa shape index (κ3) is 2.77. The molecule has 1 aromatic rings. The molecule has 0 bridgehead atoms. The molecule has 20 heavy (non-hydrogen) atoms. The Hall–Kier alpha value is -1.63. The van der Waals surface area contributed by atoms with Gasteiger partial charge in [-0.2, -0.15) is 13.2 Å². The quantitative estimate of drug-likeness (QED) is 0.685. The fraction of sp³-hybridized carbons (Fsp3) is 0.462. The second-order valence-electron chi connectivity index (χ2n) is 4.74. The Labute approximate surface area is 112 Å². The Kier molecular flexibility index (Phi) is 3.73. The number of methoxy groups -OCH3 is 1. The van der Waals surface area contributed by atoms with Gasteiger partial charge in [0, 0.05) is 6.54 Å². The van der Waals surface area contributed by atoms with Crippen LogP contribution in [0.5, 0.6) is 0 Å². The zero-order valence-corrected chi connectivity index (χ0v) is 10.7. The Morgan fingerprint density at radius 2 is 2.05 bits per heavy atom. The molecule has 0 unspecified atom stereocenters. The van der Waals surface area contributed by atoms with Crippen LogP contribution in [0.2, 0.25) is 0 Å². The molecule has 2 rings (SSSR count). The van der Waals surface area contributed by atoms with Crippen molar-refractivity contribution in [2.75, 3.05) is 7.11 Å².